The third kappa shape index (κ3) is 12.2. The first kappa shape index (κ1) is 26.7. The summed E-state index contributed by atoms with van der Waals surface area (Å²) in [5.74, 6) is -2.32. The second kappa shape index (κ2) is 16.6. The van der Waals surface area contributed by atoms with Gasteiger partial charge in [0.25, 0.3) is 0 Å². The summed E-state index contributed by atoms with van der Waals surface area (Å²) >= 11 is 0. The van der Waals surface area contributed by atoms with E-state index in [4.69, 9.17) is 5.11 Å². The zero-order chi connectivity index (χ0) is 21.3. The van der Waals surface area contributed by atoms with E-state index in [1.165, 1.54) is 90.4 Å². The van der Waals surface area contributed by atoms with Crippen molar-refractivity contribution in [3.63, 3.8) is 0 Å². The van der Waals surface area contributed by atoms with Gasteiger partial charge in [-0.25, -0.2) is 4.79 Å². The lowest BCUT2D eigenvalue weighted by atomic mass is 9.78. The highest BCUT2D eigenvalue weighted by molar-refractivity contribution is 5.95. The number of carbonyl (C=O) groups is 2. The van der Waals surface area contributed by atoms with Gasteiger partial charge < -0.3 is 10.2 Å². The van der Waals surface area contributed by atoms with Gasteiger partial charge in [0.15, 0.2) is 0 Å². The molecule has 0 aliphatic carbocycles. The molecule has 4 heteroatoms. The number of carboxylic acid groups (broad SMARTS) is 2. The number of rotatable bonds is 20. The van der Waals surface area contributed by atoms with Gasteiger partial charge in [0, 0.05) is 5.57 Å². The van der Waals surface area contributed by atoms with E-state index in [1.807, 2.05) is 0 Å². The van der Waals surface area contributed by atoms with Crippen LogP contribution in [0.4, 0.5) is 0 Å². The third-order valence-electron chi connectivity index (χ3n) is 5.93. The molecule has 0 aromatic rings. The van der Waals surface area contributed by atoms with Gasteiger partial charge in [-0.3, -0.25) is 4.79 Å². The molecule has 1 unspecified atom stereocenters. The Hall–Kier alpha value is -1.32. The highest BCUT2D eigenvalue weighted by Gasteiger charge is 2.38. The van der Waals surface area contributed by atoms with E-state index in [0.29, 0.717) is 6.42 Å². The van der Waals surface area contributed by atoms with Crippen LogP contribution in [-0.4, -0.2) is 22.2 Å². The fourth-order valence-corrected chi connectivity index (χ4v) is 3.65. The Labute approximate surface area is 172 Å². The van der Waals surface area contributed by atoms with Crippen LogP contribution in [0.1, 0.15) is 123 Å². The second-order valence-electron chi connectivity index (χ2n) is 8.47. The molecule has 0 heterocycles. The minimum Gasteiger partial charge on any atom is -0.481 e. The molecule has 164 valence electrons. The van der Waals surface area contributed by atoms with Crippen molar-refractivity contribution in [2.45, 2.75) is 123 Å². The molecule has 0 saturated heterocycles. The topological polar surface area (TPSA) is 74.6 Å². The maximum atomic E-state index is 11.4. The predicted octanol–water partition coefficient (Wildman–Crippen LogP) is 7.37. The molecule has 0 spiro atoms. The Morgan fingerprint density at radius 2 is 1.00 bits per heavy atom. The molecule has 0 rings (SSSR count). The van der Waals surface area contributed by atoms with Crippen molar-refractivity contribution >= 4 is 11.9 Å². The summed E-state index contributed by atoms with van der Waals surface area (Å²) in [6.45, 7) is 7.19. The largest absolute Gasteiger partial charge is 0.481 e. The quantitative estimate of drug-likeness (QED) is 0.166. The standard InChI is InChI=1S/C24H44O4/c1-4-5-6-7-8-9-10-11-12-13-14-15-16-17-18-19-20-24(3,23(27)28)21(2)22(25)26/h2,4-20H2,1,3H3,(H,25,26)(H,27,28). The smallest absolute Gasteiger partial charge is 0.332 e. The molecule has 0 radical (unpaired) electrons. The van der Waals surface area contributed by atoms with Crippen LogP contribution in [-0.2, 0) is 9.59 Å². The monoisotopic (exact) mass is 396 g/mol. The Morgan fingerprint density at radius 3 is 1.29 bits per heavy atom. The summed E-state index contributed by atoms with van der Waals surface area (Å²) in [5.41, 5.74) is -1.58. The van der Waals surface area contributed by atoms with Crippen molar-refractivity contribution < 1.29 is 19.8 Å². The van der Waals surface area contributed by atoms with Gasteiger partial charge in [0.2, 0.25) is 0 Å². The van der Waals surface area contributed by atoms with Crippen molar-refractivity contribution in [1.29, 1.82) is 0 Å². The van der Waals surface area contributed by atoms with Gasteiger partial charge in [-0.2, -0.15) is 0 Å². The molecule has 28 heavy (non-hydrogen) atoms. The van der Waals surface area contributed by atoms with Crippen LogP contribution < -0.4 is 0 Å². The number of carboxylic acids is 2. The highest BCUT2D eigenvalue weighted by Crippen LogP contribution is 2.33. The van der Waals surface area contributed by atoms with Crippen molar-refractivity contribution in [1.82, 2.24) is 0 Å². The lowest BCUT2D eigenvalue weighted by molar-refractivity contribution is -0.149. The molecule has 0 aliphatic heterocycles. The average Bonchev–Trinajstić information content (AvgIpc) is 2.66. The van der Waals surface area contributed by atoms with E-state index in [9.17, 15) is 14.7 Å². The lowest BCUT2D eigenvalue weighted by Gasteiger charge is -2.24. The fraction of sp³-hybridized carbons (Fsp3) is 0.833. The van der Waals surface area contributed by atoms with Gasteiger partial charge in [-0.05, 0) is 13.3 Å². The Kier molecular flexibility index (Phi) is 15.8. The van der Waals surface area contributed by atoms with E-state index < -0.39 is 17.4 Å². The maximum Gasteiger partial charge on any atom is 0.332 e. The maximum absolute atomic E-state index is 11.4. The molecular weight excluding hydrogens is 352 g/mol. The van der Waals surface area contributed by atoms with Crippen LogP contribution in [0.2, 0.25) is 0 Å². The minimum absolute atomic E-state index is 0.221. The van der Waals surface area contributed by atoms with Crippen LogP contribution in [0.25, 0.3) is 0 Å². The third-order valence-corrected chi connectivity index (χ3v) is 5.93. The SMILES string of the molecule is C=C(C(=O)O)C(C)(CCCCCCCCCCCCCCCCCC)C(=O)O. The Balaban J connectivity index is 3.53. The summed E-state index contributed by atoms with van der Waals surface area (Å²) in [4.78, 5) is 22.5. The van der Waals surface area contributed by atoms with Crippen LogP contribution in [0.5, 0.6) is 0 Å². The zero-order valence-corrected chi connectivity index (χ0v) is 18.4. The normalized spacial score (nSPS) is 13.2. The van der Waals surface area contributed by atoms with Gasteiger partial charge in [0.05, 0.1) is 5.41 Å². The first-order chi connectivity index (χ1) is 13.4. The summed E-state index contributed by atoms with van der Waals surface area (Å²) in [7, 11) is 0. The fourth-order valence-electron chi connectivity index (χ4n) is 3.65. The molecule has 1 atom stereocenters. The number of hydrogen-bond acceptors (Lipinski definition) is 2. The number of hydrogen-bond donors (Lipinski definition) is 2. The van der Waals surface area contributed by atoms with E-state index in [2.05, 4.69) is 13.5 Å². The molecular formula is C24H44O4. The molecule has 0 bridgehead atoms. The van der Waals surface area contributed by atoms with E-state index in [-0.39, 0.29) is 5.57 Å². The molecule has 0 amide bonds. The summed E-state index contributed by atoms with van der Waals surface area (Å²) in [6, 6.07) is 0. The predicted molar refractivity (Wildman–Crippen MR) is 117 cm³/mol. The van der Waals surface area contributed by atoms with Crippen LogP contribution in [0.3, 0.4) is 0 Å². The first-order valence-electron chi connectivity index (χ1n) is 11.5. The summed E-state index contributed by atoms with van der Waals surface area (Å²) in [5, 5.41) is 18.4. The molecule has 2 N–H and O–H groups in total. The van der Waals surface area contributed by atoms with Crippen molar-refractivity contribution in [3.8, 4) is 0 Å². The highest BCUT2D eigenvalue weighted by atomic mass is 16.4. The van der Waals surface area contributed by atoms with Crippen molar-refractivity contribution in [2.75, 3.05) is 0 Å². The summed E-state index contributed by atoms with van der Waals surface area (Å²) < 4.78 is 0. The number of unbranched alkanes of at least 4 members (excludes halogenated alkanes) is 15. The molecule has 0 saturated carbocycles. The van der Waals surface area contributed by atoms with E-state index in [0.717, 1.165) is 19.3 Å². The molecule has 0 aliphatic rings. The van der Waals surface area contributed by atoms with E-state index >= 15 is 0 Å². The Morgan fingerprint density at radius 1 is 0.679 bits per heavy atom. The Bertz CT molecular complexity index is 444. The van der Waals surface area contributed by atoms with Gasteiger partial charge >= 0.3 is 11.9 Å². The van der Waals surface area contributed by atoms with E-state index in [1.54, 1.807) is 0 Å². The lowest BCUT2D eigenvalue weighted by Crippen LogP contribution is -2.32. The minimum atomic E-state index is -1.36. The summed E-state index contributed by atoms with van der Waals surface area (Å²) in [6.07, 6.45) is 20.6. The van der Waals surface area contributed by atoms with Crippen LogP contribution in [0, 0.1) is 5.41 Å². The average molecular weight is 397 g/mol. The number of aliphatic carboxylic acids is 2. The molecule has 0 aromatic heterocycles. The molecule has 4 nitrogen and oxygen atoms in total. The van der Waals surface area contributed by atoms with Gasteiger partial charge in [-0.15, -0.1) is 0 Å². The van der Waals surface area contributed by atoms with Crippen molar-refractivity contribution in [3.05, 3.63) is 12.2 Å². The van der Waals surface area contributed by atoms with Crippen LogP contribution in [0.15, 0.2) is 12.2 Å². The van der Waals surface area contributed by atoms with Gasteiger partial charge in [0.1, 0.15) is 0 Å². The van der Waals surface area contributed by atoms with Gasteiger partial charge in [-0.1, -0.05) is 116 Å². The zero-order valence-electron chi connectivity index (χ0n) is 18.4. The molecule has 0 fully saturated rings. The second-order valence-corrected chi connectivity index (χ2v) is 8.47. The van der Waals surface area contributed by atoms with Crippen LogP contribution >= 0.6 is 0 Å². The molecule has 0 aromatic carbocycles. The first-order valence-corrected chi connectivity index (χ1v) is 11.5. The van der Waals surface area contributed by atoms with Crippen molar-refractivity contribution in [2.24, 2.45) is 5.41 Å².